The summed E-state index contributed by atoms with van der Waals surface area (Å²) in [7, 11) is 0. The molecule has 3 rings (SSSR count). The van der Waals surface area contributed by atoms with Gasteiger partial charge in [0.25, 0.3) is 0 Å². The van der Waals surface area contributed by atoms with E-state index in [0.29, 0.717) is 22.3 Å². The van der Waals surface area contributed by atoms with Crippen molar-refractivity contribution in [2.75, 3.05) is 6.79 Å². The zero-order chi connectivity index (χ0) is 11.7. The molecule has 0 spiro atoms. The molecule has 17 heavy (non-hydrogen) atoms. The van der Waals surface area contributed by atoms with Crippen LogP contribution in [0, 0.1) is 0 Å². The molecule has 1 aliphatic heterocycles. The molecule has 0 unspecified atom stereocenters. The molecule has 0 atom stereocenters. The van der Waals surface area contributed by atoms with Crippen LogP contribution >= 0.6 is 11.6 Å². The zero-order valence-electron chi connectivity index (χ0n) is 8.85. The van der Waals surface area contributed by atoms with Crippen LogP contribution in [0.2, 0.25) is 5.02 Å². The first-order chi connectivity index (χ1) is 8.33. The van der Waals surface area contributed by atoms with Gasteiger partial charge in [0.15, 0.2) is 11.5 Å². The Morgan fingerprint density at radius 3 is 2.71 bits per heavy atom. The number of para-hydroxylation sites is 1. The van der Waals surface area contributed by atoms with Crippen molar-refractivity contribution >= 4 is 11.6 Å². The highest BCUT2D eigenvalue weighted by Crippen LogP contribution is 2.44. The van der Waals surface area contributed by atoms with Crippen molar-refractivity contribution in [1.82, 2.24) is 0 Å². The van der Waals surface area contributed by atoms with Crippen molar-refractivity contribution in [1.29, 1.82) is 0 Å². The Bertz CT molecular complexity index is 540. The molecule has 0 fully saturated rings. The van der Waals surface area contributed by atoms with Gasteiger partial charge in [-0.25, -0.2) is 0 Å². The second-order valence-corrected chi connectivity index (χ2v) is 3.99. The van der Waals surface area contributed by atoms with Crippen molar-refractivity contribution in [3.63, 3.8) is 0 Å². The lowest BCUT2D eigenvalue weighted by atomic mass is 10.3. The van der Waals surface area contributed by atoms with Gasteiger partial charge in [-0.3, -0.25) is 0 Å². The molecule has 1 aliphatic rings. The second kappa shape index (κ2) is 4.18. The van der Waals surface area contributed by atoms with Crippen LogP contribution in [0.1, 0.15) is 0 Å². The fourth-order valence-electron chi connectivity index (χ4n) is 1.64. The lowest BCUT2D eigenvalue weighted by Gasteiger charge is -2.08. The van der Waals surface area contributed by atoms with E-state index in [1.807, 2.05) is 30.3 Å². The first-order valence-corrected chi connectivity index (χ1v) is 5.53. The normalized spacial score (nSPS) is 12.5. The largest absolute Gasteiger partial charge is 0.453 e. The minimum absolute atomic E-state index is 0.195. The van der Waals surface area contributed by atoms with Crippen molar-refractivity contribution in [3.8, 4) is 23.0 Å². The minimum atomic E-state index is 0.195. The molecule has 0 saturated heterocycles. The third-order valence-electron chi connectivity index (χ3n) is 2.37. The summed E-state index contributed by atoms with van der Waals surface area (Å²) < 4.78 is 16.3. The molecule has 0 aliphatic carbocycles. The number of rotatable bonds is 2. The van der Waals surface area contributed by atoms with E-state index in [-0.39, 0.29) is 6.79 Å². The topological polar surface area (TPSA) is 27.7 Å². The van der Waals surface area contributed by atoms with Gasteiger partial charge in [-0.1, -0.05) is 29.8 Å². The molecule has 86 valence electrons. The van der Waals surface area contributed by atoms with Gasteiger partial charge in [0.1, 0.15) is 5.75 Å². The molecule has 3 nitrogen and oxygen atoms in total. The third-order valence-corrected chi connectivity index (χ3v) is 2.59. The van der Waals surface area contributed by atoms with Gasteiger partial charge in [-0.2, -0.15) is 0 Å². The first kappa shape index (κ1) is 10.3. The molecule has 0 N–H and O–H groups in total. The van der Waals surface area contributed by atoms with Crippen LogP contribution in [0.4, 0.5) is 0 Å². The van der Waals surface area contributed by atoms with E-state index in [0.717, 1.165) is 5.75 Å². The Kier molecular flexibility index (Phi) is 2.53. The maximum absolute atomic E-state index is 5.98. The molecule has 0 saturated carbocycles. The molecule has 2 aromatic rings. The maximum Gasteiger partial charge on any atom is 0.231 e. The standard InChI is InChI=1S/C13H9ClO3/c14-9-6-11-13(16-8-15-11)12(7-9)17-10-4-2-1-3-5-10/h1-7H,8H2. The summed E-state index contributed by atoms with van der Waals surface area (Å²) in [6.07, 6.45) is 0. The summed E-state index contributed by atoms with van der Waals surface area (Å²) in [5, 5.41) is 0.556. The SMILES string of the molecule is Clc1cc2c(c(Oc3ccccc3)c1)OCO2. The average Bonchev–Trinajstić information content (AvgIpc) is 2.78. The molecule has 1 heterocycles. The molecule has 0 radical (unpaired) electrons. The quantitative estimate of drug-likeness (QED) is 0.808. The first-order valence-electron chi connectivity index (χ1n) is 5.15. The third kappa shape index (κ3) is 2.01. The van der Waals surface area contributed by atoms with E-state index in [1.165, 1.54) is 0 Å². The number of halogens is 1. The van der Waals surface area contributed by atoms with Crippen LogP contribution in [0.3, 0.4) is 0 Å². The summed E-state index contributed by atoms with van der Waals surface area (Å²) in [6.45, 7) is 0.195. The highest BCUT2D eigenvalue weighted by molar-refractivity contribution is 6.31. The van der Waals surface area contributed by atoms with Crippen LogP contribution in [-0.2, 0) is 0 Å². The van der Waals surface area contributed by atoms with E-state index in [1.54, 1.807) is 12.1 Å². The average molecular weight is 249 g/mol. The van der Waals surface area contributed by atoms with E-state index >= 15 is 0 Å². The fraction of sp³-hybridized carbons (Fsp3) is 0.0769. The lowest BCUT2D eigenvalue weighted by molar-refractivity contribution is 0.172. The van der Waals surface area contributed by atoms with Gasteiger partial charge >= 0.3 is 0 Å². The number of benzene rings is 2. The van der Waals surface area contributed by atoms with E-state index in [4.69, 9.17) is 25.8 Å². The molecular weight excluding hydrogens is 240 g/mol. The van der Waals surface area contributed by atoms with Crippen LogP contribution < -0.4 is 14.2 Å². The Morgan fingerprint density at radius 1 is 1.06 bits per heavy atom. The van der Waals surface area contributed by atoms with Crippen molar-refractivity contribution in [3.05, 3.63) is 47.5 Å². The summed E-state index contributed by atoms with van der Waals surface area (Å²) in [5.74, 6) is 2.50. The van der Waals surface area contributed by atoms with Gasteiger partial charge in [-0.05, 0) is 12.1 Å². The van der Waals surface area contributed by atoms with Gasteiger partial charge in [0.05, 0.1) is 0 Å². The summed E-state index contributed by atoms with van der Waals surface area (Å²) in [4.78, 5) is 0. The lowest BCUT2D eigenvalue weighted by Crippen LogP contribution is -1.93. The van der Waals surface area contributed by atoms with E-state index in [9.17, 15) is 0 Å². The number of ether oxygens (including phenoxy) is 3. The summed E-state index contributed by atoms with van der Waals surface area (Å²) in [5.41, 5.74) is 0. The second-order valence-electron chi connectivity index (χ2n) is 3.55. The zero-order valence-corrected chi connectivity index (χ0v) is 9.61. The smallest absolute Gasteiger partial charge is 0.231 e. The molecule has 0 amide bonds. The minimum Gasteiger partial charge on any atom is -0.453 e. The summed E-state index contributed by atoms with van der Waals surface area (Å²) >= 11 is 5.98. The Hall–Kier alpha value is -1.87. The molecule has 0 bridgehead atoms. The Labute approximate surface area is 103 Å². The van der Waals surface area contributed by atoms with Crippen LogP contribution in [-0.4, -0.2) is 6.79 Å². The Balaban J connectivity index is 1.98. The molecule has 0 aromatic heterocycles. The van der Waals surface area contributed by atoms with Gasteiger partial charge in [0, 0.05) is 17.2 Å². The Morgan fingerprint density at radius 2 is 1.88 bits per heavy atom. The highest BCUT2D eigenvalue weighted by Gasteiger charge is 2.20. The maximum atomic E-state index is 5.98. The molecule has 2 aromatic carbocycles. The van der Waals surface area contributed by atoms with Crippen molar-refractivity contribution in [2.24, 2.45) is 0 Å². The van der Waals surface area contributed by atoms with Crippen molar-refractivity contribution in [2.45, 2.75) is 0 Å². The number of fused-ring (bicyclic) bond motifs is 1. The van der Waals surface area contributed by atoms with Crippen LogP contribution in [0.25, 0.3) is 0 Å². The van der Waals surface area contributed by atoms with Crippen molar-refractivity contribution < 1.29 is 14.2 Å². The predicted molar refractivity (Wildman–Crippen MR) is 64.1 cm³/mol. The fourth-order valence-corrected chi connectivity index (χ4v) is 1.84. The predicted octanol–water partition coefficient (Wildman–Crippen LogP) is 3.86. The summed E-state index contributed by atoms with van der Waals surface area (Å²) in [6, 6.07) is 12.9. The van der Waals surface area contributed by atoms with E-state index in [2.05, 4.69) is 0 Å². The van der Waals surface area contributed by atoms with Gasteiger partial charge in [-0.15, -0.1) is 0 Å². The monoisotopic (exact) mass is 248 g/mol. The molecule has 4 heteroatoms. The molecular formula is C13H9ClO3. The van der Waals surface area contributed by atoms with Crippen LogP contribution in [0.5, 0.6) is 23.0 Å². The van der Waals surface area contributed by atoms with Crippen LogP contribution in [0.15, 0.2) is 42.5 Å². The number of hydrogen-bond acceptors (Lipinski definition) is 3. The van der Waals surface area contributed by atoms with E-state index < -0.39 is 0 Å². The van der Waals surface area contributed by atoms with Gasteiger partial charge < -0.3 is 14.2 Å². The number of hydrogen-bond donors (Lipinski definition) is 0. The highest BCUT2D eigenvalue weighted by atomic mass is 35.5. The van der Waals surface area contributed by atoms with Gasteiger partial charge in [0.2, 0.25) is 12.5 Å².